The molecule has 5 rings (SSSR count). The Morgan fingerprint density at radius 1 is 1.09 bits per heavy atom. The zero-order valence-electron chi connectivity index (χ0n) is 18.1. The maximum absolute atomic E-state index is 13.1. The third-order valence-electron chi connectivity index (χ3n) is 6.08. The molecule has 1 fully saturated rings. The maximum atomic E-state index is 13.1. The van der Waals surface area contributed by atoms with Gasteiger partial charge in [-0.2, -0.15) is 23.0 Å². The van der Waals surface area contributed by atoms with Gasteiger partial charge in [0.05, 0.1) is 23.3 Å². The molecule has 4 heterocycles. The van der Waals surface area contributed by atoms with E-state index in [2.05, 4.69) is 15.4 Å². The van der Waals surface area contributed by atoms with Crippen molar-refractivity contribution < 1.29 is 18.0 Å². The van der Waals surface area contributed by atoms with Crippen molar-refractivity contribution in [2.45, 2.75) is 38.1 Å². The summed E-state index contributed by atoms with van der Waals surface area (Å²) < 4.78 is 42.8. The van der Waals surface area contributed by atoms with Gasteiger partial charge in [0.25, 0.3) is 0 Å². The highest BCUT2D eigenvalue weighted by Gasteiger charge is 2.31. The SMILES string of the molecule is CC(On1ccc2ncc(-c3cnn(C4CCNCC4)c3)cc21)c1cccc(C(F)(F)F)c1. The summed E-state index contributed by atoms with van der Waals surface area (Å²) in [6.07, 6.45) is 4.51. The van der Waals surface area contributed by atoms with E-state index in [1.54, 1.807) is 30.1 Å². The summed E-state index contributed by atoms with van der Waals surface area (Å²) in [4.78, 5) is 10.5. The van der Waals surface area contributed by atoms with Gasteiger partial charge in [-0.3, -0.25) is 9.67 Å². The lowest BCUT2D eigenvalue weighted by Crippen LogP contribution is -2.29. The minimum atomic E-state index is -4.40. The minimum Gasteiger partial charge on any atom is -0.406 e. The van der Waals surface area contributed by atoms with Crippen molar-refractivity contribution in [1.82, 2.24) is 24.8 Å². The topological polar surface area (TPSA) is 56.9 Å². The third kappa shape index (κ3) is 4.45. The van der Waals surface area contributed by atoms with Crippen molar-refractivity contribution in [3.05, 3.63) is 72.3 Å². The normalized spacial score (nSPS) is 16.2. The van der Waals surface area contributed by atoms with Crippen LogP contribution in [0.25, 0.3) is 22.2 Å². The van der Waals surface area contributed by atoms with Gasteiger partial charge in [0.15, 0.2) is 0 Å². The van der Waals surface area contributed by atoms with Crippen LogP contribution >= 0.6 is 0 Å². The lowest BCUT2D eigenvalue weighted by atomic mass is 10.1. The van der Waals surface area contributed by atoms with Crippen molar-refractivity contribution in [1.29, 1.82) is 0 Å². The summed E-state index contributed by atoms with van der Waals surface area (Å²) in [6, 6.07) is 9.37. The van der Waals surface area contributed by atoms with Gasteiger partial charge in [-0.1, -0.05) is 12.1 Å². The van der Waals surface area contributed by atoms with Crippen LogP contribution in [0.3, 0.4) is 0 Å². The Morgan fingerprint density at radius 3 is 2.70 bits per heavy atom. The molecule has 4 aromatic rings. The van der Waals surface area contributed by atoms with E-state index in [0.717, 1.165) is 60.2 Å². The van der Waals surface area contributed by atoms with Gasteiger partial charge in [0.2, 0.25) is 0 Å². The van der Waals surface area contributed by atoms with E-state index < -0.39 is 17.8 Å². The molecule has 1 saturated heterocycles. The number of fused-ring (bicyclic) bond motifs is 1. The highest BCUT2D eigenvalue weighted by molar-refractivity contribution is 5.80. The van der Waals surface area contributed by atoms with E-state index in [0.29, 0.717) is 11.6 Å². The van der Waals surface area contributed by atoms with Crippen molar-refractivity contribution in [3.63, 3.8) is 0 Å². The van der Waals surface area contributed by atoms with Gasteiger partial charge >= 0.3 is 6.18 Å². The number of benzene rings is 1. The van der Waals surface area contributed by atoms with E-state index in [1.165, 1.54) is 6.07 Å². The van der Waals surface area contributed by atoms with E-state index >= 15 is 0 Å². The molecule has 172 valence electrons. The summed E-state index contributed by atoms with van der Waals surface area (Å²) in [5.41, 5.74) is 3.09. The van der Waals surface area contributed by atoms with Crippen LogP contribution in [0.5, 0.6) is 0 Å². The van der Waals surface area contributed by atoms with Gasteiger partial charge in [0, 0.05) is 29.7 Å². The molecule has 1 N–H and O–H groups in total. The van der Waals surface area contributed by atoms with Gasteiger partial charge in [-0.25, -0.2) is 0 Å². The molecule has 1 aliphatic rings. The number of rotatable bonds is 5. The second-order valence-corrected chi connectivity index (χ2v) is 8.33. The van der Waals surface area contributed by atoms with E-state index in [-0.39, 0.29) is 0 Å². The fourth-order valence-corrected chi connectivity index (χ4v) is 4.19. The summed E-state index contributed by atoms with van der Waals surface area (Å²) in [5, 5.41) is 7.91. The molecule has 1 unspecified atom stereocenters. The number of nitrogens with zero attached hydrogens (tertiary/aromatic N) is 4. The molecule has 33 heavy (non-hydrogen) atoms. The average molecular weight is 455 g/mol. The average Bonchev–Trinajstić information content (AvgIpc) is 3.47. The van der Waals surface area contributed by atoms with Crippen LogP contribution < -0.4 is 10.2 Å². The van der Waals surface area contributed by atoms with E-state index in [9.17, 15) is 13.2 Å². The molecule has 9 heteroatoms. The Morgan fingerprint density at radius 2 is 1.91 bits per heavy atom. The van der Waals surface area contributed by atoms with Crippen molar-refractivity contribution in [3.8, 4) is 11.1 Å². The maximum Gasteiger partial charge on any atom is 0.416 e. The molecule has 1 atom stereocenters. The first-order valence-electron chi connectivity index (χ1n) is 10.9. The predicted molar refractivity (Wildman–Crippen MR) is 119 cm³/mol. The third-order valence-corrected chi connectivity index (χ3v) is 6.08. The number of nitrogens with one attached hydrogen (secondary N) is 1. The number of alkyl halides is 3. The minimum absolute atomic E-state index is 0.386. The smallest absolute Gasteiger partial charge is 0.406 e. The van der Waals surface area contributed by atoms with Crippen molar-refractivity contribution in [2.75, 3.05) is 13.1 Å². The summed E-state index contributed by atoms with van der Waals surface area (Å²) in [6.45, 7) is 3.70. The number of halogens is 3. The number of piperidine rings is 1. The van der Waals surface area contributed by atoms with Gasteiger partial charge in [0.1, 0.15) is 11.6 Å². The number of hydrogen-bond acceptors (Lipinski definition) is 4. The molecule has 6 nitrogen and oxygen atoms in total. The van der Waals surface area contributed by atoms with Gasteiger partial charge in [-0.05, 0) is 62.7 Å². The molecular formula is C24H24F3N5O. The van der Waals surface area contributed by atoms with Crippen LogP contribution in [0, 0.1) is 0 Å². The Balaban J connectivity index is 1.39. The van der Waals surface area contributed by atoms with Crippen LogP contribution in [0.1, 0.15) is 43.0 Å². The zero-order valence-corrected chi connectivity index (χ0v) is 18.1. The Bertz CT molecular complexity index is 1260. The molecule has 0 spiro atoms. The summed E-state index contributed by atoms with van der Waals surface area (Å²) in [5.74, 6) is 0. The van der Waals surface area contributed by atoms with Crippen molar-refractivity contribution >= 4 is 11.0 Å². The Labute approximate surface area is 189 Å². The molecule has 1 aliphatic heterocycles. The number of aromatic nitrogens is 4. The van der Waals surface area contributed by atoms with Gasteiger partial charge in [-0.15, -0.1) is 0 Å². The summed E-state index contributed by atoms with van der Waals surface area (Å²) >= 11 is 0. The fraction of sp³-hybridized carbons (Fsp3) is 0.333. The Kier molecular flexibility index (Phi) is 5.57. The molecule has 0 aliphatic carbocycles. The highest BCUT2D eigenvalue weighted by atomic mass is 19.4. The lowest BCUT2D eigenvalue weighted by Gasteiger charge is -2.22. The number of hydrogen-bond donors (Lipinski definition) is 1. The molecular weight excluding hydrogens is 431 g/mol. The van der Waals surface area contributed by atoms with Crippen LogP contribution in [-0.4, -0.2) is 32.6 Å². The van der Waals surface area contributed by atoms with Crippen LogP contribution in [0.4, 0.5) is 13.2 Å². The van der Waals surface area contributed by atoms with Crippen molar-refractivity contribution in [2.24, 2.45) is 0 Å². The first-order valence-corrected chi connectivity index (χ1v) is 10.9. The monoisotopic (exact) mass is 455 g/mol. The second kappa shape index (κ2) is 8.55. The largest absolute Gasteiger partial charge is 0.416 e. The van der Waals surface area contributed by atoms with E-state index in [4.69, 9.17) is 4.84 Å². The predicted octanol–water partition coefficient (Wildman–Crippen LogP) is 5.03. The fourth-order valence-electron chi connectivity index (χ4n) is 4.19. The Hall–Kier alpha value is -3.33. The molecule has 0 saturated carbocycles. The molecule has 0 radical (unpaired) electrons. The van der Waals surface area contributed by atoms with Crippen LogP contribution in [0.15, 0.2) is 61.2 Å². The quantitative estimate of drug-likeness (QED) is 0.459. The molecule has 0 amide bonds. The first-order chi connectivity index (χ1) is 15.9. The molecule has 1 aromatic carbocycles. The standard InChI is InChI=1S/C24H24F3N5O/c1-16(17-3-2-4-20(11-17)24(25,26)27)33-32-10-7-22-23(32)12-18(13-29-22)19-14-30-31(15-19)21-5-8-28-9-6-21/h2-4,7,10-16,21,28H,5-6,8-9H2,1H3. The van der Waals surface area contributed by atoms with E-state index in [1.807, 2.05) is 29.2 Å². The first kappa shape index (κ1) is 21.5. The zero-order chi connectivity index (χ0) is 23.0. The highest BCUT2D eigenvalue weighted by Crippen LogP contribution is 2.31. The lowest BCUT2D eigenvalue weighted by molar-refractivity contribution is -0.137. The van der Waals surface area contributed by atoms with Crippen LogP contribution in [0.2, 0.25) is 0 Å². The molecule has 0 bridgehead atoms. The second-order valence-electron chi connectivity index (χ2n) is 8.33. The molecule has 3 aromatic heterocycles. The number of pyridine rings is 1. The van der Waals surface area contributed by atoms with Gasteiger partial charge < -0.3 is 10.2 Å². The van der Waals surface area contributed by atoms with Crippen LogP contribution in [-0.2, 0) is 6.18 Å². The summed E-state index contributed by atoms with van der Waals surface area (Å²) in [7, 11) is 0.